The molecule has 0 heterocycles. The van der Waals surface area contributed by atoms with Gasteiger partial charge < -0.3 is 5.11 Å². The Morgan fingerprint density at radius 2 is 1.80 bits per heavy atom. The fraction of sp³-hybridized carbons (Fsp3) is 0.462. The van der Waals surface area contributed by atoms with Crippen molar-refractivity contribution in [3.05, 3.63) is 35.9 Å². The zero-order valence-electron chi connectivity index (χ0n) is 11.0. The largest absolute Gasteiger partial charge is 0.480 e. The van der Waals surface area contributed by atoms with Gasteiger partial charge in [-0.2, -0.15) is 17.9 Å². The van der Waals surface area contributed by atoms with Gasteiger partial charge in [-0.3, -0.25) is 4.79 Å². The lowest BCUT2D eigenvalue weighted by atomic mass is 10.1. The molecule has 7 heteroatoms. The normalized spacial score (nSPS) is 18.0. The van der Waals surface area contributed by atoms with Gasteiger partial charge in [0.25, 0.3) is 10.2 Å². The van der Waals surface area contributed by atoms with Crippen LogP contribution >= 0.6 is 0 Å². The number of carbonyl (C=O) groups is 1. The summed E-state index contributed by atoms with van der Waals surface area (Å²) in [5.41, 5.74) is 0.400. The van der Waals surface area contributed by atoms with Gasteiger partial charge in [0.1, 0.15) is 6.04 Å². The predicted molar refractivity (Wildman–Crippen MR) is 74.3 cm³/mol. The van der Waals surface area contributed by atoms with Crippen LogP contribution in [0, 0.1) is 0 Å². The third-order valence-electron chi connectivity index (χ3n) is 3.33. The standard InChI is InChI=1S/C13H18N2O4S/c16-13(17)12(10-6-2-1-3-7-10)15-20(18,19)14-11-8-4-5-9-11/h1-3,6-7,11-12,14-15H,4-5,8-9H2,(H,16,17)/t12-/m0/s1. The van der Waals surface area contributed by atoms with E-state index in [0.717, 1.165) is 25.7 Å². The van der Waals surface area contributed by atoms with Gasteiger partial charge in [-0.15, -0.1) is 0 Å². The molecule has 1 fully saturated rings. The van der Waals surface area contributed by atoms with Gasteiger partial charge in [0.2, 0.25) is 0 Å². The minimum absolute atomic E-state index is 0.0993. The topological polar surface area (TPSA) is 95.5 Å². The third-order valence-corrected chi connectivity index (χ3v) is 4.52. The van der Waals surface area contributed by atoms with Gasteiger partial charge in [0.15, 0.2) is 0 Å². The van der Waals surface area contributed by atoms with Crippen LogP contribution in [0.1, 0.15) is 37.3 Å². The summed E-state index contributed by atoms with van der Waals surface area (Å²) in [7, 11) is -3.84. The molecule has 0 bridgehead atoms. The number of carboxylic acid groups (broad SMARTS) is 1. The van der Waals surface area contributed by atoms with Crippen LogP contribution in [0.3, 0.4) is 0 Å². The highest BCUT2D eigenvalue weighted by molar-refractivity contribution is 7.87. The smallest absolute Gasteiger partial charge is 0.326 e. The van der Waals surface area contributed by atoms with E-state index in [1.807, 2.05) is 0 Å². The van der Waals surface area contributed by atoms with E-state index >= 15 is 0 Å². The zero-order chi connectivity index (χ0) is 14.6. The lowest BCUT2D eigenvalue weighted by Gasteiger charge is -2.18. The average Bonchev–Trinajstić information content (AvgIpc) is 2.89. The summed E-state index contributed by atoms with van der Waals surface area (Å²) in [4.78, 5) is 11.3. The molecular weight excluding hydrogens is 280 g/mol. The Hall–Kier alpha value is -1.44. The van der Waals surface area contributed by atoms with Gasteiger partial charge in [-0.1, -0.05) is 43.2 Å². The minimum atomic E-state index is -3.84. The second-order valence-corrected chi connectivity index (χ2v) is 6.38. The number of carboxylic acids is 1. The minimum Gasteiger partial charge on any atom is -0.480 e. The molecule has 0 aliphatic heterocycles. The SMILES string of the molecule is O=C(O)[C@@H](NS(=O)(=O)NC1CCCC1)c1ccccc1. The Balaban J connectivity index is 2.09. The Bertz CT molecular complexity index is 553. The highest BCUT2D eigenvalue weighted by Crippen LogP contribution is 2.19. The Kier molecular flexibility index (Phi) is 4.74. The Morgan fingerprint density at radius 3 is 2.35 bits per heavy atom. The molecule has 1 aliphatic carbocycles. The summed E-state index contributed by atoms with van der Waals surface area (Å²) < 4.78 is 28.7. The molecule has 1 atom stereocenters. The van der Waals surface area contributed by atoms with E-state index in [2.05, 4.69) is 9.44 Å². The van der Waals surface area contributed by atoms with Crippen LogP contribution in [0.25, 0.3) is 0 Å². The van der Waals surface area contributed by atoms with Crippen molar-refractivity contribution in [2.24, 2.45) is 0 Å². The lowest BCUT2D eigenvalue weighted by Crippen LogP contribution is -2.45. The van der Waals surface area contributed by atoms with Crippen molar-refractivity contribution < 1.29 is 18.3 Å². The first-order valence-corrected chi connectivity index (χ1v) is 8.03. The Labute approximate surface area is 118 Å². The van der Waals surface area contributed by atoms with Crippen LogP contribution in [0.4, 0.5) is 0 Å². The van der Waals surface area contributed by atoms with Crippen LogP contribution in [0.2, 0.25) is 0 Å². The van der Waals surface area contributed by atoms with Crippen molar-refractivity contribution in [2.75, 3.05) is 0 Å². The first-order valence-electron chi connectivity index (χ1n) is 6.55. The van der Waals surface area contributed by atoms with Gasteiger partial charge in [-0.25, -0.2) is 0 Å². The van der Waals surface area contributed by atoms with E-state index in [9.17, 15) is 18.3 Å². The summed E-state index contributed by atoms with van der Waals surface area (Å²) >= 11 is 0. The monoisotopic (exact) mass is 298 g/mol. The summed E-state index contributed by atoms with van der Waals surface area (Å²) in [6.07, 6.45) is 3.58. The van der Waals surface area contributed by atoms with Crippen LogP contribution in [0.15, 0.2) is 30.3 Å². The van der Waals surface area contributed by atoms with Crippen LogP contribution < -0.4 is 9.44 Å². The number of aliphatic carboxylic acids is 1. The highest BCUT2D eigenvalue weighted by atomic mass is 32.2. The molecule has 0 amide bonds. The second-order valence-electron chi connectivity index (χ2n) is 4.90. The number of benzene rings is 1. The summed E-state index contributed by atoms with van der Waals surface area (Å²) in [5.74, 6) is -1.23. The molecule has 20 heavy (non-hydrogen) atoms. The molecule has 1 saturated carbocycles. The van der Waals surface area contributed by atoms with E-state index < -0.39 is 22.2 Å². The fourth-order valence-electron chi connectivity index (χ4n) is 2.36. The molecule has 0 spiro atoms. The molecule has 110 valence electrons. The van der Waals surface area contributed by atoms with E-state index in [4.69, 9.17) is 0 Å². The van der Waals surface area contributed by atoms with Gasteiger partial charge >= 0.3 is 5.97 Å². The highest BCUT2D eigenvalue weighted by Gasteiger charge is 2.28. The number of rotatable bonds is 6. The maximum atomic E-state index is 12.0. The predicted octanol–water partition coefficient (Wildman–Crippen LogP) is 1.18. The first-order chi connectivity index (χ1) is 9.48. The van der Waals surface area contributed by atoms with E-state index in [1.54, 1.807) is 30.3 Å². The van der Waals surface area contributed by atoms with E-state index in [1.165, 1.54) is 0 Å². The molecule has 0 saturated heterocycles. The van der Waals surface area contributed by atoms with Gasteiger partial charge in [0, 0.05) is 6.04 Å². The van der Waals surface area contributed by atoms with Crippen molar-refractivity contribution in [1.29, 1.82) is 0 Å². The molecule has 0 radical (unpaired) electrons. The maximum absolute atomic E-state index is 12.0. The van der Waals surface area contributed by atoms with Crippen molar-refractivity contribution >= 4 is 16.2 Å². The van der Waals surface area contributed by atoms with E-state index in [0.29, 0.717) is 5.56 Å². The molecule has 6 nitrogen and oxygen atoms in total. The summed E-state index contributed by atoms with van der Waals surface area (Å²) in [6, 6.07) is 6.86. The molecule has 3 N–H and O–H groups in total. The molecule has 0 unspecified atom stereocenters. The van der Waals surface area contributed by atoms with Crippen molar-refractivity contribution in [2.45, 2.75) is 37.8 Å². The van der Waals surface area contributed by atoms with Gasteiger partial charge in [0.05, 0.1) is 0 Å². The average molecular weight is 298 g/mol. The van der Waals surface area contributed by atoms with Crippen LogP contribution in [0.5, 0.6) is 0 Å². The molecule has 2 rings (SSSR count). The second kappa shape index (κ2) is 6.34. The Morgan fingerprint density at radius 1 is 1.20 bits per heavy atom. The maximum Gasteiger partial charge on any atom is 0.326 e. The number of hydrogen-bond acceptors (Lipinski definition) is 3. The molecular formula is C13H18N2O4S. The summed E-state index contributed by atoms with van der Waals surface area (Å²) in [5, 5.41) is 9.20. The molecule has 1 aromatic carbocycles. The molecule has 1 aromatic rings. The molecule has 1 aliphatic rings. The zero-order valence-corrected chi connectivity index (χ0v) is 11.8. The lowest BCUT2D eigenvalue weighted by molar-refractivity contribution is -0.139. The van der Waals surface area contributed by atoms with E-state index in [-0.39, 0.29) is 6.04 Å². The first kappa shape index (κ1) is 15.0. The van der Waals surface area contributed by atoms with Crippen molar-refractivity contribution in [1.82, 2.24) is 9.44 Å². The fourth-order valence-corrected chi connectivity index (χ4v) is 3.65. The number of hydrogen-bond donors (Lipinski definition) is 3. The third kappa shape index (κ3) is 4.03. The summed E-state index contributed by atoms with van der Waals surface area (Å²) in [6.45, 7) is 0. The van der Waals surface area contributed by atoms with Crippen LogP contribution in [-0.2, 0) is 15.0 Å². The van der Waals surface area contributed by atoms with Gasteiger partial charge in [-0.05, 0) is 18.4 Å². The number of nitrogens with one attached hydrogen (secondary N) is 2. The van der Waals surface area contributed by atoms with Crippen LogP contribution in [-0.4, -0.2) is 25.5 Å². The van der Waals surface area contributed by atoms with Crippen molar-refractivity contribution in [3.63, 3.8) is 0 Å². The van der Waals surface area contributed by atoms with Crippen molar-refractivity contribution in [3.8, 4) is 0 Å². The quantitative estimate of drug-likeness (QED) is 0.735. The molecule has 0 aromatic heterocycles.